The highest BCUT2D eigenvalue weighted by molar-refractivity contribution is 5.89. The number of nitriles is 1. The number of benzene rings is 1. The Morgan fingerprint density at radius 1 is 1.22 bits per heavy atom. The van der Waals surface area contributed by atoms with Gasteiger partial charge in [-0.3, -0.25) is 0 Å². The smallest absolute Gasteiger partial charge is 0.149 e. The van der Waals surface area contributed by atoms with E-state index in [2.05, 4.69) is 21.0 Å². The van der Waals surface area contributed by atoms with Gasteiger partial charge >= 0.3 is 0 Å². The SMILES string of the molecule is N#C/C(=C\c1ccc[nH]1)c1nc2ccccc2[nH]1. The lowest BCUT2D eigenvalue weighted by Gasteiger charge is -1.91. The summed E-state index contributed by atoms with van der Waals surface area (Å²) >= 11 is 0. The first-order valence-corrected chi connectivity index (χ1v) is 5.57. The summed E-state index contributed by atoms with van der Waals surface area (Å²) in [6, 6.07) is 13.7. The van der Waals surface area contributed by atoms with Crippen LogP contribution >= 0.6 is 0 Å². The molecule has 0 saturated heterocycles. The summed E-state index contributed by atoms with van der Waals surface area (Å²) in [7, 11) is 0. The number of fused-ring (bicyclic) bond motifs is 1. The molecule has 0 amide bonds. The largest absolute Gasteiger partial charge is 0.362 e. The zero-order valence-electron chi connectivity index (χ0n) is 9.51. The van der Waals surface area contributed by atoms with Crippen LogP contribution in [0.15, 0.2) is 42.6 Å². The van der Waals surface area contributed by atoms with Crippen LogP contribution in [0.5, 0.6) is 0 Å². The molecule has 1 aromatic carbocycles. The fraction of sp³-hybridized carbons (Fsp3) is 0. The normalized spacial score (nSPS) is 11.6. The third-order valence-electron chi connectivity index (χ3n) is 2.69. The zero-order chi connectivity index (χ0) is 12.4. The van der Waals surface area contributed by atoms with E-state index in [1.54, 1.807) is 6.08 Å². The lowest BCUT2D eigenvalue weighted by atomic mass is 10.2. The number of nitrogens with zero attached hydrogens (tertiary/aromatic N) is 2. The Bertz CT molecular complexity index is 709. The monoisotopic (exact) mass is 234 g/mol. The summed E-state index contributed by atoms with van der Waals surface area (Å²) in [6.45, 7) is 0. The molecule has 0 aliphatic carbocycles. The first-order chi connectivity index (χ1) is 8.86. The van der Waals surface area contributed by atoms with Crippen LogP contribution in [-0.2, 0) is 0 Å². The fourth-order valence-corrected chi connectivity index (χ4v) is 1.82. The van der Waals surface area contributed by atoms with Crippen molar-refractivity contribution in [2.24, 2.45) is 0 Å². The van der Waals surface area contributed by atoms with E-state index in [4.69, 9.17) is 0 Å². The molecule has 0 saturated carbocycles. The fourth-order valence-electron chi connectivity index (χ4n) is 1.82. The standard InChI is InChI=1S/C14H10N4/c15-9-10(8-11-4-3-7-16-11)14-17-12-5-1-2-6-13(12)18-14/h1-8,16H,(H,17,18)/b10-8+. The van der Waals surface area contributed by atoms with E-state index in [-0.39, 0.29) is 0 Å². The van der Waals surface area contributed by atoms with Crippen LogP contribution < -0.4 is 0 Å². The Hall–Kier alpha value is -2.80. The van der Waals surface area contributed by atoms with Crippen LogP contribution in [0, 0.1) is 11.3 Å². The summed E-state index contributed by atoms with van der Waals surface area (Å²) in [5.74, 6) is 0.591. The lowest BCUT2D eigenvalue weighted by Crippen LogP contribution is -1.84. The topological polar surface area (TPSA) is 68.3 Å². The van der Waals surface area contributed by atoms with Crippen molar-refractivity contribution in [3.63, 3.8) is 0 Å². The summed E-state index contributed by atoms with van der Waals surface area (Å²) in [6.07, 6.45) is 3.59. The van der Waals surface area contributed by atoms with E-state index in [0.29, 0.717) is 11.4 Å². The van der Waals surface area contributed by atoms with Crippen LogP contribution in [0.3, 0.4) is 0 Å². The molecule has 0 spiro atoms. The molecule has 18 heavy (non-hydrogen) atoms. The molecule has 3 aromatic rings. The number of allylic oxidation sites excluding steroid dienone is 1. The maximum atomic E-state index is 9.21. The minimum Gasteiger partial charge on any atom is -0.362 e. The molecule has 0 aliphatic rings. The number of hydrogen-bond acceptors (Lipinski definition) is 2. The van der Waals surface area contributed by atoms with Gasteiger partial charge in [-0.25, -0.2) is 4.98 Å². The number of aromatic nitrogens is 3. The summed E-state index contributed by atoms with van der Waals surface area (Å²) in [4.78, 5) is 10.6. The lowest BCUT2D eigenvalue weighted by molar-refractivity contribution is 1.27. The van der Waals surface area contributed by atoms with Crippen molar-refractivity contribution < 1.29 is 0 Å². The van der Waals surface area contributed by atoms with Crippen molar-refractivity contribution in [1.29, 1.82) is 5.26 Å². The molecule has 0 aliphatic heterocycles. The molecule has 0 unspecified atom stereocenters. The summed E-state index contributed by atoms with van der Waals surface area (Å²) in [5, 5.41) is 9.21. The second kappa shape index (κ2) is 4.22. The van der Waals surface area contributed by atoms with E-state index in [1.165, 1.54) is 0 Å². The van der Waals surface area contributed by atoms with Crippen molar-refractivity contribution in [3.05, 3.63) is 54.1 Å². The van der Waals surface area contributed by atoms with Crippen LogP contribution in [-0.4, -0.2) is 15.0 Å². The van der Waals surface area contributed by atoms with Gasteiger partial charge in [0.2, 0.25) is 0 Å². The molecule has 0 radical (unpaired) electrons. The number of imidazole rings is 1. The average Bonchev–Trinajstić information content (AvgIpc) is 3.04. The number of H-pyrrole nitrogens is 2. The van der Waals surface area contributed by atoms with E-state index < -0.39 is 0 Å². The van der Waals surface area contributed by atoms with E-state index >= 15 is 0 Å². The molecule has 2 N–H and O–H groups in total. The Balaban J connectivity index is 2.09. The molecule has 0 fully saturated rings. The van der Waals surface area contributed by atoms with Crippen molar-refractivity contribution >= 4 is 22.7 Å². The quantitative estimate of drug-likeness (QED) is 0.669. The van der Waals surface area contributed by atoms with E-state index in [1.807, 2.05) is 42.6 Å². The summed E-state index contributed by atoms with van der Waals surface area (Å²) in [5.41, 5.74) is 3.18. The van der Waals surface area contributed by atoms with E-state index in [9.17, 15) is 5.26 Å². The van der Waals surface area contributed by atoms with Gasteiger partial charge in [-0.05, 0) is 30.3 Å². The Morgan fingerprint density at radius 2 is 2.11 bits per heavy atom. The number of aromatic amines is 2. The van der Waals surface area contributed by atoms with Crippen LogP contribution in [0.25, 0.3) is 22.7 Å². The predicted molar refractivity (Wildman–Crippen MR) is 70.4 cm³/mol. The van der Waals surface area contributed by atoms with Crippen molar-refractivity contribution in [3.8, 4) is 6.07 Å². The maximum Gasteiger partial charge on any atom is 0.149 e. The summed E-state index contributed by atoms with van der Waals surface area (Å²) < 4.78 is 0. The van der Waals surface area contributed by atoms with Gasteiger partial charge in [-0.2, -0.15) is 5.26 Å². The van der Waals surface area contributed by atoms with Gasteiger partial charge in [0.1, 0.15) is 11.9 Å². The second-order valence-electron chi connectivity index (χ2n) is 3.90. The number of rotatable bonds is 2. The molecule has 2 heterocycles. The first-order valence-electron chi connectivity index (χ1n) is 5.57. The van der Waals surface area contributed by atoms with Gasteiger partial charge in [-0.15, -0.1) is 0 Å². The second-order valence-corrected chi connectivity index (χ2v) is 3.90. The Kier molecular flexibility index (Phi) is 2.43. The third-order valence-corrected chi connectivity index (χ3v) is 2.69. The van der Waals surface area contributed by atoms with Gasteiger partial charge < -0.3 is 9.97 Å². The number of hydrogen-bond donors (Lipinski definition) is 2. The highest BCUT2D eigenvalue weighted by Gasteiger charge is 2.07. The number of para-hydroxylation sites is 2. The minimum atomic E-state index is 0.508. The van der Waals surface area contributed by atoms with Crippen molar-refractivity contribution in [2.75, 3.05) is 0 Å². The van der Waals surface area contributed by atoms with Crippen molar-refractivity contribution in [1.82, 2.24) is 15.0 Å². The average molecular weight is 234 g/mol. The van der Waals surface area contributed by atoms with Gasteiger partial charge in [-0.1, -0.05) is 12.1 Å². The van der Waals surface area contributed by atoms with Gasteiger partial charge in [0.25, 0.3) is 0 Å². The van der Waals surface area contributed by atoms with Crippen LogP contribution in [0.2, 0.25) is 0 Å². The molecule has 0 bridgehead atoms. The molecule has 0 atom stereocenters. The number of nitrogens with one attached hydrogen (secondary N) is 2. The maximum absolute atomic E-state index is 9.21. The Labute approximate surface area is 104 Å². The van der Waals surface area contributed by atoms with Gasteiger partial charge in [0, 0.05) is 11.9 Å². The van der Waals surface area contributed by atoms with Gasteiger partial charge in [0.05, 0.1) is 16.6 Å². The molecule has 4 heteroatoms. The van der Waals surface area contributed by atoms with Crippen molar-refractivity contribution in [2.45, 2.75) is 0 Å². The van der Waals surface area contributed by atoms with Crippen LogP contribution in [0.1, 0.15) is 11.5 Å². The highest BCUT2D eigenvalue weighted by Crippen LogP contribution is 2.18. The predicted octanol–water partition coefficient (Wildman–Crippen LogP) is 2.96. The molecular formula is C14H10N4. The van der Waals surface area contributed by atoms with Crippen LogP contribution in [0.4, 0.5) is 0 Å². The van der Waals surface area contributed by atoms with Gasteiger partial charge in [0.15, 0.2) is 0 Å². The molecule has 2 aromatic heterocycles. The molecule has 4 nitrogen and oxygen atoms in total. The first kappa shape index (κ1) is 10.4. The molecule has 3 rings (SSSR count). The molecule has 86 valence electrons. The highest BCUT2D eigenvalue weighted by atomic mass is 14.9. The zero-order valence-corrected chi connectivity index (χ0v) is 9.51. The minimum absolute atomic E-state index is 0.508. The third kappa shape index (κ3) is 1.78. The molecular weight excluding hydrogens is 224 g/mol. The Morgan fingerprint density at radius 3 is 2.83 bits per heavy atom. The van der Waals surface area contributed by atoms with E-state index in [0.717, 1.165) is 16.7 Å².